The van der Waals surface area contributed by atoms with Gasteiger partial charge >= 0.3 is 21.1 Å². The number of benzene rings is 3. The van der Waals surface area contributed by atoms with Gasteiger partial charge in [-0.2, -0.15) is 48.3 Å². The standard InChI is InChI=1S/C22H23S.2CHF3O3S.H2S/c1-22(2,3)18-14-16-21(17-15-18)23(19-10-6-4-7-11-19)20-12-8-5-9-13-20;2*2-1(3,4)8(5,6)7;/h4-17H,1-3H3;2*(H,5,6,7);1H2/q+1;;;/p-1. The molecule has 0 saturated heterocycles. The van der Waals surface area contributed by atoms with E-state index < -0.39 is 31.3 Å². The molecule has 6 nitrogen and oxygen atoms in total. The molecule has 0 heterocycles. The average Bonchev–Trinajstić information content (AvgIpc) is 2.79. The first-order valence-electron chi connectivity index (χ1n) is 10.6. The monoisotopic (exact) mass is 652 g/mol. The van der Waals surface area contributed by atoms with E-state index in [0.29, 0.717) is 0 Å². The predicted molar refractivity (Wildman–Crippen MR) is 144 cm³/mol. The Labute approximate surface area is 238 Å². The van der Waals surface area contributed by atoms with Crippen molar-refractivity contribution in [2.75, 3.05) is 0 Å². The molecule has 3 aromatic carbocycles. The van der Waals surface area contributed by atoms with Crippen molar-refractivity contribution in [3.63, 3.8) is 0 Å². The molecule has 0 unspecified atom stereocenters. The fourth-order valence-electron chi connectivity index (χ4n) is 2.61. The maximum Gasteiger partial charge on any atom is 0.522 e. The fourth-order valence-corrected chi connectivity index (χ4v) is 4.70. The third-order valence-electron chi connectivity index (χ3n) is 4.49. The van der Waals surface area contributed by atoms with Gasteiger partial charge in [-0.3, -0.25) is 4.55 Å². The SMILES string of the molecule is CC(C)(C)c1ccc([S+](c2ccccc2)c2ccccc2)cc1.O=S(=O)(O)C(F)(F)F.O=S(=O)([O-])C(F)(F)F.S. The summed E-state index contributed by atoms with van der Waals surface area (Å²) >= 11 is 0. The highest BCUT2D eigenvalue weighted by molar-refractivity contribution is 7.97. The minimum Gasteiger partial charge on any atom is -0.741 e. The Bertz CT molecular complexity index is 1310. The smallest absolute Gasteiger partial charge is 0.522 e. The molecule has 0 aliphatic heterocycles. The van der Waals surface area contributed by atoms with Gasteiger partial charge in [-0.1, -0.05) is 69.3 Å². The number of hydrogen-bond acceptors (Lipinski definition) is 5. The van der Waals surface area contributed by atoms with Crippen LogP contribution in [0.3, 0.4) is 0 Å². The Morgan fingerprint density at radius 1 is 0.625 bits per heavy atom. The van der Waals surface area contributed by atoms with Crippen molar-refractivity contribution in [1.29, 1.82) is 0 Å². The molecule has 0 aromatic heterocycles. The van der Waals surface area contributed by atoms with Crippen LogP contribution in [0.15, 0.2) is 99.6 Å². The largest absolute Gasteiger partial charge is 0.741 e. The first kappa shape index (κ1) is 37.8. The molecular weight excluding hydrogens is 627 g/mol. The van der Waals surface area contributed by atoms with E-state index in [2.05, 4.69) is 106 Å². The van der Waals surface area contributed by atoms with Gasteiger partial charge in [0, 0.05) is 0 Å². The lowest BCUT2D eigenvalue weighted by Gasteiger charge is -2.19. The van der Waals surface area contributed by atoms with Crippen molar-refractivity contribution in [1.82, 2.24) is 0 Å². The first-order valence-corrected chi connectivity index (χ1v) is 14.6. The van der Waals surface area contributed by atoms with E-state index >= 15 is 0 Å². The highest BCUT2D eigenvalue weighted by Gasteiger charge is 2.44. The van der Waals surface area contributed by atoms with Crippen LogP contribution in [0.25, 0.3) is 0 Å². The van der Waals surface area contributed by atoms with Crippen molar-refractivity contribution in [3.05, 3.63) is 90.5 Å². The Morgan fingerprint density at radius 2 is 0.900 bits per heavy atom. The number of rotatable bonds is 3. The number of hydrogen-bond donors (Lipinski definition) is 1. The quantitative estimate of drug-likeness (QED) is 0.147. The van der Waals surface area contributed by atoms with E-state index in [1.807, 2.05) is 0 Å². The van der Waals surface area contributed by atoms with E-state index in [1.54, 1.807) is 0 Å². The zero-order valence-electron chi connectivity index (χ0n) is 21.1. The van der Waals surface area contributed by atoms with Gasteiger partial charge in [0.15, 0.2) is 24.8 Å². The topological polar surface area (TPSA) is 112 Å². The second kappa shape index (κ2) is 14.6. The second-order valence-electron chi connectivity index (χ2n) is 8.53. The second-order valence-corrected chi connectivity index (χ2v) is 13.3. The molecule has 0 bridgehead atoms. The van der Waals surface area contributed by atoms with E-state index in [1.165, 1.54) is 20.2 Å². The molecule has 3 rings (SSSR count). The molecular formula is C24H26F6O6S4. The first-order chi connectivity index (χ1) is 17.6. The van der Waals surface area contributed by atoms with Gasteiger partial charge in [-0.15, -0.1) is 0 Å². The molecule has 0 spiro atoms. The Balaban J connectivity index is 0.000000744. The summed E-state index contributed by atoms with van der Waals surface area (Å²) in [6.07, 6.45) is 0. The van der Waals surface area contributed by atoms with Crippen LogP contribution in [0.5, 0.6) is 0 Å². The maximum atomic E-state index is 10.7. The molecule has 0 radical (unpaired) electrons. The summed E-state index contributed by atoms with van der Waals surface area (Å²) < 4.78 is 116. The molecule has 3 aromatic rings. The minimum atomic E-state index is -6.09. The van der Waals surface area contributed by atoms with Crippen molar-refractivity contribution in [2.24, 2.45) is 0 Å². The lowest BCUT2D eigenvalue weighted by Crippen LogP contribution is -2.21. The van der Waals surface area contributed by atoms with Gasteiger partial charge in [-0.05, 0) is 47.4 Å². The Kier molecular flexibility index (Phi) is 13.8. The van der Waals surface area contributed by atoms with Gasteiger partial charge in [0.05, 0.1) is 10.9 Å². The lowest BCUT2D eigenvalue weighted by molar-refractivity contribution is -0.0519. The number of alkyl halides is 6. The molecule has 0 aliphatic carbocycles. The van der Waals surface area contributed by atoms with Crippen LogP contribution in [0, 0.1) is 0 Å². The van der Waals surface area contributed by atoms with Crippen LogP contribution in [0.1, 0.15) is 26.3 Å². The molecule has 224 valence electrons. The van der Waals surface area contributed by atoms with Crippen molar-refractivity contribution >= 4 is 44.6 Å². The summed E-state index contributed by atoms with van der Waals surface area (Å²) in [5.41, 5.74) is -9.61. The summed E-state index contributed by atoms with van der Waals surface area (Å²) in [5.74, 6) is 0. The van der Waals surface area contributed by atoms with E-state index in [4.69, 9.17) is 25.9 Å². The summed E-state index contributed by atoms with van der Waals surface area (Å²) in [6, 6.07) is 30.7. The summed E-state index contributed by atoms with van der Waals surface area (Å²) in [4.78, 5) is 4.10. The highest BCUT2D eigenvalue weighted by Crippen LogP contribution is 2.32. The minimum absolute atomic E-state index is 0. The van der Waals surface area contributed by atoms with Gasteiger partial charge in [0.1, 0.15) is 0 Å². The highest BCUT2D eigenvalue weighted by atomic mass is 32.2. The molecule has 40 heavy (non-hydrogen) atoms. The van der Waals surface area contributed by atoms with Crippen molar-refractivity contribution in [3.8, 4) is 0 Å². The van der Waals surface area contributed by atoms with Crippen molar-refractivity contribution < 1.29 is 52.3 Å². The van der Waals surface area contributed by atoms with Crippen LogP contribution < -0.4 is 0 Å². The molecule has 0 fully saturated rings. The zero-order valence-corrected chi connectivity index (χ0v) is 24.5. The third kappa shape index (κ3) is 12.1. The van der Waals surface area contributed by atoms with Gasteiger partial charge in [0.25, 0.3) is 0 Å². The van der Waals surface area contributed by atoms with Crippen LogP contribution in [-0.2, 0) is 36.5 Å². The van der Waals surface area contributed by atoms with Crippen LogP contribution in [-0.4, -0.2) is 37.0 Å². The number of halogens is 6. The Morgan fingerprint density at radius 3 is 1.12 bits per heavy atom. The lowest BCUT2D eigenvalue weighted by atomic mass is 9.87. The summed E-state index contributed by atoms with van der Waals surface area (Å²) in [7, 11) is -12.0. The van der Waals surface area contributed by atoms with Gasteiger partial charge in [0.2, 0.25) is 0 Å². The maximum absolute atomic E-state index is 10.7. The molecule has 0 saturated carbocycles. The normalized spacial score (nSPS) is 12.3. The molecule has 1 N–H and O–H groups in total. The van der Waals surface area contributed by atoms with Crippen LogP contribution in [0.2, 0.25) is 0 Å². The summed E-state index contributed by atoms with van der Waals surface area (Å²) in [6.45, 7) is 6.78. The van der Waals surface area contributed by atoms with Crippen LogP contribution >= 0.6 is 13.5 Å². The average molecular weight is 653 g/mol. The van der Waals surface area contributed by atoms with Gasteiger partial charge in [-0.25, -0.2) is 8.42 Å². The van der Waals surface area contributed by atoms with Crippen LogP contribution in [0.4, 0.5) is 26.3 Å². The molecule has 0 amide bonds. The Hall–Kier alpha value is -2.24. The van der Waals surface area contributed by atoms with E-state index in [0.717, 1.165) is 0 Å². The third-order valence-corrected chi connectivity index (χ3v) is 7.87. The predicted octanol–water partition coefficient (Wildman–Crippen LogP) is 6.64. The fraction of sp³-hybridized carbons (Fsp3) is 0.250. The van der Waals surface area contributed by atoms with E-state index in [-0.39, 0.29) is 29.8 Å². The summed E-state index contributed by atoms with van der Waals surface area (Å²) in [5, 5.41) is 0. The molecule has 16 heteroatoms. The van der Waals surface area contributed by atoms with Crippen molar-refractivity contribution in [2.45, 2.75) is 51.9 Å². The van der Waals surface area contributed by atoms with Gasteiger partial charge < -0.3 is 4.55 Å². The van der Waals surface area contributed by atoms with E-state index in [9.17, 15) is 26.3 Å². The molecule has 0 aliphatic rings. The molecule has 0 atom stereocenters. The zero-order chi connectivity index (χ0) is 30.3.